The fourth-order valence-electron chi connectivity index (χ4n) is 6.07. The number of hydrogen-bond donors (Lipinski definition) is 2. The topological polar surface area (TPSA) is 130 Å². The van der Waals surface area contributed by atoms with Crippen molar-refractivity contribution in [2.24, 2.45) is 5.11 Å². The largest absolute Gasteiger partial charge is 0.478 e. The van der Waals surface area contributed by atoms with Gasteiger partial charge in [-0.25, -0.2) is 22.5 Å². The van der Waals surface area contributed by atoms with Gasteiger partial charge in [0.1, 0.15) is 30.2 Å². The Kier molecular flexibility index (Phi) is 6.65. The Morgan fingerprint density at radius 1 is 1.05 bits per heavy atom. The van der Waals surface area contributed by atoms with Crippen LogP contribution in [0.4, 0.5) is 24.5 Å². The molecule has 0 aromatic heterocycles. The highest BCUT2D eigenvalue weighted by atomic mass is 31.2. The summed E-state index contributed by atoms with van der Waals surface area (Å²) in [5.41, 5.74) is 6.48. The molecule has 2 N–H and O–H groups in total. The number of halogens is 3. The summed E-state index contributed by atoms with van der Waals surface area (Å²) in [6.45, 7) is 2.93. The number of carboxylic acid groups (broad SMARTS) is 1. The van der Waals surface area contributed by atoms with Gasteiger partial charge in [0.2, 0.25) is 5.71 Å². The summed E-state index contributed by atoms with van der Waals surface area (Å²) in [5, 5.41) is 12.7. The summed E-state index contributed by atoms with van der Waals surface area (Å²) < 4.78 is 62.3. The van der Waals surface area contributed by atoms with Gasteiger partial charge < -0.3 is 14.9 Å². The van der Waals surface area contributed by atoms with Crippen LogP contribution >= 0.6 is 7.37 Å². The Balaban J connectivity index is 1.73. The molecule has 1 atom stereocenters. The van der Waals surface area contributed by atoms with Crippen molar-refractivity contribution in [2.45, 2.75) is 25.7 Å². The third kappa shape index (κ3) is 4.22. The van der Waals surface area contributed by atoms with Crippen LogP contribution in [0, 0.1) is 17.5 Å². The fraction of sp³-hybridized carbons (Fsp3) is 0.286. The standard InChI is InChI=1S/C28H23F3N5O4P/c29-24-23(28(37)38)22(25(30)27(26(24)31)33-34-32)21-17-7-5-15(35-9-1-2-10-35)13-19(17)41(39,40)20-14-16(6-8-18(20)21)36-11-3-4-12-36/h5-8,13-14H,1-4,9-12H2,(H-,37,38,39,40)/p+1. The van der Waals surface area contributed by atoms with E-state index in [1.54, 1.807) is 12.1 Å². The van der Waals surface area contributed by atoms with Crippen LogP contribution in [0.2, 0.25) is 0 Å². The lowest BCUT2D eigenvalue weighted by Gasteiger charge is -2.32. The molecule has 0 spiro atoms. The second-order valence-corrected chi connectivity index (χ2v) is 12.4. The predicted octanol–water partition coefficient (Wildman–Crippen LogP) is 5.76. The van der Waals surface area contributed by atoms with Crippen LogP contribution in [0.1, 0.15) is 47.2 Å². The lowest BCUT2D eigenvalue weighted by atomic mass is 9.86. The number of aromatic carboxylic acids is 1. The Morgan fingerprint density at radius 3 is 2.41 bits per heavy atom. The van der Waals surface area contributed by atoms with Gasteiger partial charge in [0, 0.05) is 59.8 Å². The van der Waals surface area contributed by atoms with E-state index in [0.29, 0.717) is 11.4 Å². The van der Waals surface area contributed by atoms with Crippen LogP contribution in [0.15, 0.2) is 52.4 Å². The van der Waals surface area contributed by atoms with E-state index in [1.165, 1.54) is 24.3 Å². The van der Waals surface area contributed by atoms with Crippen LogP contribution in [-0.2, 0) is 4.57 Å². The summed E-state index contributed by atoms with van der Waals surface area (Å²) in [7, 11) is -4.35. The van der Waals surface area contributed by atoms with Crippen molar-refractivity contribution >= 4 is 41.3 Å². The van der Waals surface area contributed by atoms with E-state index in [-0.39, 0.29) is 27.3 Å². The van der Waals surface area contributed by atoms with Crippen LogP contribution in [0.5, 0.6) is 0 Å². The zero-order valence-electron chi connectivity index (χ0n) is 21.6. The van der Waals surface area contributed by atoms with E-state index in [9.17, 15) is 23.7 Å². The zero-order valence-corrected chi connectivity index (χ0v) is 22.5. The monoisotopic (exact) mass is 582 g/mol. The average molecular weight is 582 g/mol. The van der Waals surface area contributed by atoms with Crippen LogP contribution in [-0.4, -0.2) is 52.4 Å². The van der Waals surface area contributed by atoms with Crippen LogP contribution in [0.3, 0.4) is 0 Å². The molecule has 2 fully saturated rings. The fourth-order valence-corrected chi connectivity index (χ4v) is 7.97. The SMILES string of the molecule is [N-]=[N+]=Nc1c(F)c(F)c(C(=O)O)c(C2=C3C=CC(=[N+]4CCCC4)C=C3P(=O)(O)c3cc(N4CCCC4)ccc32)c1F. The number of fused-ring (bicyclic) bond motifs is 2. The molecule has 41 heavy (non-hydrogen) atoms. The lowest BCUT2D eigenvalue weighted by Crippen LogP contribution is -2.26. The van der Waals surface area contributed by atoms with Crippen LogP contribution < -0.4 is 10.2 Å². The minimum Gasteiger partial charge on any atom is -0.478 e. The van der Waals surface area contributed by atoms with Gasteiger partial charge in [-0.2, -0.15) is 0 Å². The molecule has 9 nitrogen and oxygen atoms in total. The molecule has 6 rings (SSSR count). The van der Waals surface area contributed by atoms with Crippen molar-refractivity contribution in [1.29, 1.82) is 0 Å². The van der Waals surface area contributed by atoms with Gasteiger partial charge in [0.05, 0.1) is 10.6 Å². The number of carboxylic acids is 1. The summed E-state index contributed by atoms with van der Waals surface area (Å²) >= 11 is 0. The van der Waals surface area contributed by atoms with Gasteiger partial charge in [-0.3, -0.25) is 4.57 Å². The highest BCUT2D eigenvalue weighted by Gasteiger charge is 2.43. The highest BCUT2D eigenvalue weighted by Crippen LogP contribution is 2.60. The summed E-state index contributed by atoms with van der Waals surface area (Å²) in [4.78, 5) is 28.3. The molecule has 0 saturated carbocycles. The molecule has 0 bridgehead atoms. The molecule has 210 valence electrons. The third-order valence-corrected chi connectivity index (χ3v) is 10.0. The van der Waals surface area contributed by atoms with E-state index in [0.717, 1.165) is 51.9 Å². The van der Waals surface area contributed by atoms with Crippen molar-refractivity contribution in [2.75, 3.05) is 31.1 Å². The zero-order chi connectivity index (χ0) is 29.1. The Hall–Kier alpha value is -4.11. The van der Waals surface area contributed by atoms with E-state index in [2.05, 4.69) is 10.0 Å². The van der Waals surface area contributed by atoms with Gasteiger partial charge in [0.25, 0.3) is 7.37 Å². The minimum atomic E-state index is -4.35. The maximum Gasteiger partial charge on any atom is 0.339 e. The molecule has 3 heterocycles. The van der Waals surface area contributed by atoms with Crippen molar-refractivity contribution in [3.8, 4) is 0 Å². The number of hydrogen-bond acceptors (Lipinski definition) is 4. The van der Waals surface area contributed by atoms with Crippen molar-refractivity contribution in [3.05, 3.63) is 91.9 Å². The summed E-state index contributed by atoms with van der Waals surface area (Å²) in [6, 6.07) is 4.66. The molecule has 2 saturated heterocycles. The number of carbonyl (C=O) groups is 1. The van der Waals surface area contributed by atoms with Gasteiger partial charge in [-0.1, -0.05) is 11.2 Å². The van der Waals surface area contributed by atoms with E-state index >= 15 is 8.78 Å². The van der Waals surface area contributed by atoms with Crippen molar-refractivity contribution in [3.63, 3.8) is 0 Å². The number of benzene rings is 2. The Bertz CT molecular complexity index is 1760. The third-order valence-electron chi connectivity index (χ3n) is 8.00. The molecular formula is C28H24F3N5O4P+. The molecule has 1 aliphatic carbocycles. The quantitative estimate of drug-likeness (QED) is 0.118. The smallest absolute Gasteiger partial charge is 0.339 e. The second-order valence-electron chi connectivity index (χ2n) is 10.3. The van der Waals surface area contributed by atoms with Crippen LogP contribution in [0.25, 0.3) is 16.0 Å². The van der Waals surface area contributed by atoms with Gasteiger partial charge in [-0.05, 0) is 47.7 Å². The van der Waals surface area contributed by atoms with Gasteiger partial charge in [0.15, 0.2) is 11.6 Å². The summed E-state index contributed by atoms with van der Waals surface area (Å²) in [5.74, 6) is -7.40. The maximum atomic E-state index is 16.0. The number of rotatable bonds is 4. The molecule has 2 aromatic rings. The maximum absolute atomic E-state index is 16.0. The first-order valence-electron chi connectivity index (χ1n) is 13.1. The first kappa shape index (κ1) is 27.1. The molecular weight excluding hydrogens is 558 g/mol. The molecule has 0 amide bonds. The summed E-state index contributed by atoms with van der Waals surface area (Å²) in [6.07, 6.45) is 8.43. The normalized spacial score (nSPS) is 21.6. The molecule has 0 radical (unpaired) electrons. The Morgan fingerprint density at radius 2 is 1.76 bits per heavy atom. The minimum absolute atomic E-state index is 0.000465. The van der Waals surface area contributed by atoms with E-state index in [4.69, 9.17) is 5.53 Å². The molecule has 4 aliphatic rings. The van der Waals surface area contributed by atoms with E-state index < -0.39 is 47.6 Å². The molecule has 13 heteroatoms. The Labute approximate surface area is 232 Å². The van der Waals surface area contributed by atoms with E-state index in [1.807, 2.05) is 9.48 Å². The average Bonchev–Trinajstić information content (AvgIpc) is 3.69. The first-order valence-corrected chi connectivity index (χ1v) is 14.8. The second kappa shape index (κ2) is 10.1. The van der Waals surface area contributed by atoms with Crippen molar-refractivity contribution < 1.29 is 37.1 Å². The highest BCUT2D eigenvalue weighted by molar-refractivity contribution is 7.71. The number of azide groups is 1. The number of allylic oxidation sites excluding steroid dienone is 5. The first-order chi connectivity index (χ1) is 19.6. The lowest BCUT2D eigenvalue weighted by molar-refractivity contribution is -0.504. The van der Waals surface area contributed by atoms with Crippen molar-refractivity contribution in [1.82, 2.24) is 0 Å². The van der Waals surface area contributed by atoms with Gasteiger partial charge in [-0.15, -0.1) is 0 Å². The molecule has 3 aliphatic heterocycles. The molecule has 2 aromatic carbocycles. The molecule has 1 unspecified atom stereocenters. The predicted molar refractivity (Wildman–Crippen MR) is 147 cm³/mol. The number of nitrogens with zero attached hydrogens (tertiary/aromatic N) is 5. The van der Waals surface area contributed by atoms with Gasteiger partial charge >= 0.3 is 5.97 Å². The number of anilines is 1.